The van der Waals surface area contributed by atoms with Crippen LogP contribution in [0.3, 0.4) is 0 Å². The number of amides is 1. The summed E-state index contributed by atoms with van der Waals surface area (Å²) in [7, 11) is 0. The molecule has 1 aromatic rings. The first kappa shape index (κ1) is 15.8. The van der Waals surface area contributed by atoms with Crippen molar-refractivity contribution in [3.8, 4) is 0 Å². The SMILES string of the molecule is CC(C)CNC(=O)C(C)Nc1ccc(C(=O)O)cc1N. The van der Waals surface area contributed by atoms with E-state index in [1.54, 1.807) is 13.0 Å². The lowest BCUT2D eigenvalue weighted by atomic mass is 10.1. The van der Waals surface area contributed by atoms with Crippen molar-refractivity contribution in [3.63, 3.8) is 0 Å². The fraction of sp³-hybridized carbons (Fsp3) is 0.429. The molecular formula is C14H21N3O3. The van der Waals surface area contributed by atoms with E-state index in [2.05, 4.69) is 10.6 Å². The third-order valence-electron chi connectivity index (χ3n) is 2.75. The number of nitrogen functional groups attached to an aromatic ring is 1. The van der Waals surface area contributed by atoms with Crippen molar-refractivity contribution in [1.82, 2.24) is 5.32 Å². The van der Waals surface area contributed by atoms with Crippen LogP contribution in [0.2, 0.25) is 0 Å². The highest BCUT2D eigenvalue weighted by atomic mass is 16.4. The fourth-order valence-corrected chi connectivity index (χ4v) is 1.58. The summed E-state index contributed by atoms with van der Waals surface area (Å²) in [5, 5.41) is 14.6. The number of benzene rings is 1. The molecule has 0 aliphatic carbocycles. The topological polar surface area (TPSA) is 104 Å². The zero-order valence-electron chi connectivity index (χ0n) is 11.9. The van der Waals surface area contributed by atoms with Crippen LogP contribution in [-0.4, -0.2) is 29.6 Å². The molecule has 20 heavy (non-hydrogen) atoms. The Morgan fingerprint density at radius 2 is 1.95 bits per heavy atom. The van der Waals surface area contributed by atoms with E-state index in [1.807, 2.05) is 13.8 Å². The molecule has 0 aliphatic rings. The van der Waals surface area contributed by atoms with Gasteiger partial charge in [0.25, 0.3) is 0 Å². The minimum absolute atomic E-state index is 0.116. The van der Waals surface area contributed by atoms with E-state index in [0.29, 0.717) is 23.8 Å². The second-order valence-electron chi connectivity index (χ2n) is 5.11. The maximum absolute atomic E-state index is 11.8. The number of hydrogen-bond donors (Lipinski definition) is 4. The minimum Gasteiger partial charge on any atom is -0.478 e. The molecule has 1 unspecified atom stereocenters. The summed E-state index contributed by atoms with van der Waals surface area (Å²) < 4.78 is 0. The fourth-order valence-electron chi connectivity index (χ4n) is 1.58. The molecule has 0 bridgehead atoms. The van der Waals surface area contributed by atoms with Gasteiger partial charge in [0.05, 0.1) is 16.9 Å². The highest BCUT2D eigenvalue weighted by Gasteiger charge is 2.14. The van der Waals surface area contributed by atoms with Crippen LogP contribution >= 0.6 is 0 Å². The Morgan fingerprint density at radius 3 is 2.45 bits per heavy atom. The average Bonchev–Trinajstić information content (AvgIpc) is 2.37. The number of nitrogens with two attached hydrogens (primary N) is 1. The number of carboxylic acids is 1. The van der Waals surface area contributed by atoms with Gasteiger partial charge in [-0.05, 0) is 31.0 Å². The molecule has 110 valence electrons. The molecule has 0 saturated heterocycles. The van der Waals surface area contributed by atoms with Gasteiger partial charge in [-0.1, -0.05) is 13.8 Å². The molecule has 1 rings (SSSR count). The molecular weight excluding hydrogens is 258 g/mol. The van der Waals surface area contributed by atoms with E-state index in [9.17, 15) is 9.59 Å². The van der Waals surface area contributed by atoms with Crippen LogP contribution < -0.4 is 16.4 Å². The van der Waals surface area contributed by atoms with Gasteiger partial charge in [-0.15, -0.1) is 0 Å². The van der Waals surface area contributed by atoms with Gasteiger partial charge in [0.1, 0.15) is 6.04 Å². The molecule has 0 heterocycles. The van der Waals surface area contributed by atoms with E-state index >= 15 is 0 Å². The molecule has 0 aromatic heterocycles. The van der Waals surface area contributed by atoms with Gasteiger partial charge in [0.2, 0.25) is 5.91 Å². The van der Waals surface area contributed by atoms with Crippen LogP contribution in [0, 0.1) is 5.92 Å². The first-order valence-corrected chi connectivity index (χ1v) is 6.48. The highest BCUT2D eigenvalue weighted by molar-refractivity contribution is 5.91. The molecule has 6 nitrogen and oxygen atoms in total. The van der Waals surface area contributed by atoms with E-state index < -0.39 is 12.0 Å². The van der Waals surface area contributed by atoms with E-state index in [1.165, 1.54) is 12.1 Å². The lowest BCUT2D eigenvalue weighted by Crippen LogP contribution is -2.39. The summed E-state index contributed by atoms with van der Waals surface area (Å²) in [6.07, 6.45) is 0. The molecule has 5 N–H and O–H groups in total. The van der Waals surface area contributed by atoms with Crippen molar-refractivity contribution in [2.24, 2.45) is 5.92 Å². The van der Waals surface area contributed by atoms with Crippen molar-refractivity contribution in [2.75, 3.05) is 17.6 Å². The second-order valence-corrected chi connectivity index (χ2v) is 5.11. The Kier molecular flexibility index (Phi) is 5.37. The predicted molar refractivity (Wildman–Crippen MR) is 78.7 cm³/mol. The maximum Gasteiger partial charge on any atom is 0.335 e. The van der Waals surface area contributed by atoms with Gasteiger partial charge in [-0.3, -0.25) is 4.79 Å². The largest absolute Gasteiger partial charge is 0.478 e. The Labute approximate surface area is 118 Å². The molecule has 0 aliphatic heterocycles. The lowest BCUT2D eigenvalue weighted by molar-refractivity contribution is -0.121. The molecule has 1 aromatic carbocycles. The third kappa shape index (κ3) is 4.46. The standard InChI is InChI=1S/C14H21N3O3/c1-8(2)7-16-13(18)9(3)17-12-5-4-10(14(19)20)6-11(12)15/h4-6,8-9,17H,7,15H2,1-3H3,(H,16,18)(H,19,20). The lowest BCUT2D eigenvalue weighted by Gasteiger charge is -2.17. The van der Waals surface area contributed by atoms with Crippen LogP contribution in [0.15, 0.2) is 18.2 Å². The van der Waals surface area contributed by atoms with Crippen LogP contribution in [0.5, 0.6) is 0 Å². The molecule has 0 fully saturated rings. The molecule has 0 radical (unpaired) electrons. The van der Waals surface area contributed by atoms with Crippen molar-refractivity contribution in [1.29, 1.82) is 0 Å². The number of hydrogen-bond acceptors (Lipinski definition) is 4. The predicted octanol–water partition coefficient (Wildman–Crippen LogP) is 1.54. The second kappa shape index (κ2) is 6.79. The Morgan fingerprint density at radius 1 is 1.30 bits per heavy atom. The van der Waals surface area contributed by atoms with Crippen LogP contribution in [0.4, 0.5) is 11.4 Å². The van der Waals surface area contributed by atoms with Crippen molar-refractivity contribution in [2.45, 2.75) is 26.8 Å². The number of carbonyl (C=O) groups is 2. The first-order chi connectivity index (χ1) is 9.31. The van der Waals surface area contributed by atoms with Gasteiger partial charge >= 0.3 is 5.97 Å². The summed E-state index contributed by atoms with van der Waals surface area (Å²) in [4.78, 5) is 22.6. The molecule has 0 saturated carbocycles. The quantitative estimate of drug-likeness (QED) is 0.591. The number of aromatic carboxylic acids is 1. The number of carboxylic acid groups (broad SMARTS) is 1. The summed E-state index contributed by atoms with van der Waals surface area (Å²) in [6, 6.07) is 3.92. The minimum atomic E-state index is -1.04. The van der Waals surface area contributed by atoms with Crippen molar-refractivity contribution >= 4 is 23.3 Å². The van der Waals surface area contributed by atoms with Gasteiger partial charge < -0.3 is 21.5 Å². The number of anilines is 2. The maximum atomic E-state index is 11.8. The summed E-state index contributed by atoms with van der Waals surface area (Å²) in [5.74, 6) is -0.780. The number of nitrogens with one attached hydrogen (secondary N) is 2. The van der Waals surface area contributed by atoms with Crippen LogP contribution in [-0.2, 0) is 4.79 Å². The smallest absolute Gasteiger partial charge is 0.335 e. The van der Waals surface area contributed by atoms with Gasteiger partial charge in [0.15, 0.2) is 0 Å². The Bertz CT molecular complexity index is 500. The van der Waals surface area contributed by atoms with Gasteiger partial charge in [-0.2, -0.15) is 0 Å². The van der Waals surface area contributed by atoms with Crippen molar-refractivity contribution in [3.05, 3.63) is 23.8 Å². The first-order valence-electron chi connectivity index (χ1n) is 6.48. The Balaban J connectivity index is 2.68. The number of carbonyl (C=O) groups excluding carboxylic acids is 1. The Hall–Kier alpha value is -2.24. The van der Waals surface area contributed by atoms with E-state index in [0.717, 1.165) is 0 Å². The monoisotopic (exact) mass is 279 g/mol. The van der Waals surface area contributed by atoms with Crippen LogP contribution in [0.25, 0.3) is 0 Å². The molecule has 0 spiro atoms. The summed E-state index contributed by atoms with van der Waals surface area (Å²) in [5.41, 5.74) is 6.73. The number of rotatable bonds is 6. The van der Waals surface area contributed by atoms with Gasteiger partial charge in [-0.25, -0.2) is 4.79 Å². The third-order valence-corrected chi connectivity index (χ3v) is 2.75. The molecule has 1 amide bonds. The normalized spacial score (nSPS) is 12.0. The highest BCUT2D eigenvalue weighted by Crippen LogP contribution is 2.20. The van der Waals surface area contributed by atoms with Crippen LogP contribution in [0.1, 0.15) is 31.1 Å². The molecule has 6 heteroatoms. The summed E-state index contributed by atoms with van der Waals surface area (Å²) in [6.45, 7) is 6.36. The van der Waals surface area contributed by atoms with E-state index in [4.69, 9.17) is 10.8 Å². The summed E-state index contributed by atoms with van der Waals surface area (Å²) >= 11 is 0. The van der Waals surface area contributed by atoms with Gasteiger partial charge in [0, 0.05) is 6.54 Å². The average molecular weight is 279 g/mol. The molecule has 1 atom stereocenters. The van der Waals surface area contributed by atoms with E-state index in [-0.39, 0.29) is 11.5 Å². The zero-order valence-corrected chi connectivity index (χ0v) is 11.9. The zero-order chi connectivity index (χ0) is 15.3. The van der Waals surface area contributed by atoms with Crippen molar-refractivity contribution < 1.29 is 14.7 Å².